The predicted molar refractivity (Wildman–Crippen MR) is 121 cm³/mol. The van der Waals surface area contributed by atoms with E-state index in [9.17, 15) is 0 Å². The van der Waals surface area contributed by atoms with E-state index >= 15 is 0 Å². The lowest BCUT2D eigenvalue weighted by Gasteiger charge is -2.31. The molecule has 0 bridgehead atoms. The van der Waals surface area contributed by atoms with Crippen LogP contribution in [0.4, 0.5) is 0 Å². The van der Waals surface area contributed by atoms with Gasteiger partial charge >= 0.3 is 0 Å². The highest BCUT2D eigenvalue weighted by atomic mass is 127. The van der Waals surface area contributed by atoms with Crippen molar-refractivity contribution >= 4 is 29.9 Å². The molecule has 1 saturated heterocycles. The largest absolute Gasteiger partial charge is 0.494 e. The van der Waals surface area contributed by atoms with Crippen molar-refractivity contribution in [1.82, 2.24) is 15.5 Å². The SMILES string of the molecule is CCN1CCC(CCNC(=NC)NCCCOc2ccccc2)CC1.I. The number of aliphatic imine (C=N–C) groups is 1. The van der Waals surface area contributed by atoms with E-state index in [0.29, 0.717) is 6.61 Å². The van der Waals surface area contributed by atoms with Crippen molar-refractivity contribution in [1.29, 1.82) is 0 Å². The van der Waals surface area contributed by atoms with E-state index < -0.39 is 0 Å². The van der Waals surface area contributed by atoms with Gasteiger partial charge in [-0.1, -0.05) is 25.1 Å². The summed E-state index contributed by atoms with van der Waals surface area (Å²) in [7, 11) is 1.83. The molecular weight excluding hydrogens is 439 g/mol. The van der Waals surface area contributed by atoms with Gasteiger partial charge in [0, 0.05) is 20.1 Å². The summed E-state index contributed by atoms with van der Waals surface area (Å²) in [5.74, 6) is 2.68. The molecule has 0 aliphatic carbocycles. The highest BCUT2D eigenvalue weighted by molar-refractivity contribution is 14.0. The molecule has 0 radical (unpaired) electrons. The summed E-state index contributed by atoms with van der Waals surface area (Å²) in [5, 5.41) is 6.80. The van der Waals surface area contributed by atoms with Gasteiger partial charge in [-0.2, -0.15) is 0 Å². The van der Waals surface area contributed by atoms with Crippen LogP contribution in [0.5, 0.6) is 5.75 Å². The molecule has 0 amide bonds. The quantitative estimate of drug-likeness (QED) is 0.250. The number of rotatable bonds is 9. The van der Waals surface area contributed by atoms with Gasteiger partial charge in [-0.25, -0.2) is 0 Å². The summed E-state index contributed by atoms with van der Waals surface area (Å²) in [5.41, 5.74) is 0. The van der Waals surface area contributed by atoms with Crippen molar-refractivity contribution in [2.24, 2.45) is 10.9 Å². The fourth-order valence-electron chi connectivity index (χ4n) is 3.19. The zero-order valence-electron chi connectivity index (χ0n) is 16.2. The Morgan fingerprint density at radius 3 is 2.50 bits per heavy atom. The third kappa shape index (κ3) is 9.07. The molecule has 26 heavy (non-hydrogen) atoms. The first-order chi connectivity index (χ1) is 12.3. The van der Waals surface area contributed by atoms with Crippen molar-refractivity contribution in [2.45, 2.75) is 32.6 Å². The van der Waals surface area contributed by atoms with Crippen molar-refractivity contribution in [2.75, 3.05) is 46.4 Å². The van der Waals surface area contributed by atoms with Gasteiger partial charge in [0.15, 0.2) is 5.96 Å². The first-order valence-electron chi connectivity index (χ1n) is 9.66. The lowest BCUT2D eigenvalue weighted by Crippen LogP contribution is -2.40. The smallest absolute Gasteiger partial charge is 0.190 e. The fraction of sp³-hybridized carbons (Fsp3) is 0.650. The lowest BCUT2D eigenvalue weighted by atomic mass is 9.93. The number of guanidine groups is 1. The van der Waals surface area contributed by atoms with Crippen LogP contribution in [-0.2, 0) is 0 Å². The number of nitrogens with one attached hydrogen (secondary N) is 2. The number of likely N-dealkylation sites (tertiary alicyclic amines) is 1. The minimum absolute atomic E-state index is 0. The molecule has 1 aromatic rings. The number of hydrogen-bond donors (Lipinski definition) is 2. The van der Waals surface area contributed by atoms with Crippen molar-refractivity contribution in [3.05, 3.63) is 30.3 Å². The second kappa shape index (κ2) is 14.1. The van der Waals surface area contributed by atoms with Crippen LogP contribution in [0.3, 0.4) is 0 Å². The molecule has 1 aliphatic heterocycles. The summed E-state index contributed by atoms with van der Waals surface area (Å²) in [6.07, 6.45) is 4.84. The summed E-state index contributed by atoms with van der Waals surface area (Å²) in [4.78, 5) is 6.84. The van der Waals surface area contributed by atoms with Gasteiger partial charge in [0.2, 0.25) is 0 Å². The monoisotopic (exact) mass is 474 g/mol. The molecule has 148 valence electrons. The van der Waals surface area contributed by atoms with Gasteiger partial charge < -0.3 is 20.3 Å². The van der Waals surface area contributed by atoms with Gasteiger partial charge in [-0.15, -0.1) is 24.0 Å². The number of para-hydroxylation sites is 1. The summed E-state index contributed by atoms with van der Waals surface area (Å²) < 4.78 is 5.70. The van der Waals surface area contributed by atoms with Gasteiger partial charge in [-0.3, -0.25) is 4.99 Å². The molecule has 2 rings (SSSR count). The van der Waals surface area contributed by atoms with Crippen LogP contribution in [0, 0.1) is 5.92 Å². The van der Waals surface area contributed by atoms with E-state index in [2.05, 4.69) is 27.4 Å². The van der Waals surface area contributed by atoms with E-state index in [1.165, 1.54) is 38.9 Å². The maximum Gasteiger partial charge on any atom is 0.190 e. The van der Waals surface area contributed by atoms with Crippen LogP contribution in [0.1, 0.15) is 32.6 Å². The number of hydrogen-bond acceptors (Lipinski definition) is 3. The number of nitrogens with zero attached hydrogens (tertiary/aromatic N) is 2. The Balaban J connectivity index is 0.00000338. The Hall–Kier alpha value is -1.02. The maximum atomic E-state index is 5.70. The fourth-order valence-corrected chi connectivity index (χ4v) is 3.19. The van der Waals surface area contributed by atoms with Crippen LogP contribution < -0.4 is 15.4 Å². The molecule has 0 saturated carbocycles. The Morgan fingerprint density at radius 2 is 1.85 bits per heavy atom. The molecule has 1 aliphatic rings. The van der Waals surface area contributed by atoms with Crippen LogP contribution in [0.2, 0.25) is 0 Å². The minimum Gasteiger partial charge on any atom is -0.494 e. The van der Waals surface area contributed by atoms with Crippen LogP contribution >= 0.6 is 24.0 Å². The zero-order chi connectivity index (χ0) is 17.7. The van der Waals surface area contributed by atoms with Crippen LogP contribution in [-0.4, -0.2) is 57.2 Å². The molecular formula is C20H35IN4O. The molecule has 1 aromatic carbocycles. The molecule has 0 spiro atoms. The number of benzene rings is 1. The Kier molecular flexibility index (Phi) is 12.5. The van der Waals surface area contributed by atoms with Crippen molar-refractivity contribution in [3.63, 3.8) is 0 Å². The van der Waals surface area contributed by atoms with Gasteiger partial charge in [0.25, 0.3) is 0 Å². The molecule has 0 atom stereocenters. The number of piperidine rings is 1. The topological polar surface area (TPSA) is 48.9 Å². The minimum atomic E-state index is 0. The summed E-state index contributed by atoms with van der Waals surface area (Å²) >= 11 is 0. The highest BCUT2D eigenvalue weighted by Gasteiger charge is 2.17. The predicted octanol–water partition coefficient (Wildman–Crippen LogP) is 3.36. The first kappa shape index (κ1) is 23.0. The Labute approximate surface area is 176 Å². The Bertz CT molecular complexity index is 490. The molecule has 0 aromatic heterocycles. The molecule has 6 heteroatoms. The average Bonchev–Trinajstić information content (AvgIpc) is 2.67. The van der Waals surface area contributed by atoms with E-state index in [-0.39, 0.29) is 24.0 Å². The number of ether oxygens (including phenoxy) is 1. The molecule has 1 heterocycles. The van der Waals surface area contributed by atoms with Gasteiger partial charge in [0.05, 0.1) is 6.61 Å². The molecule has 2 N–H and O–H groups in total. The van der Waals surface area contributed by atoms with E-state index in [1.54, 1.807) is 0 Å². The Morgan fingerprint density at radius 1 is 1.15 bits per heavy atom. The normalized spacial score (nSPS) is 16.0. The van der Waals surface area contributed by atoms with E-state index in [1.807, 2.05) is 37.4 Å². The van der Waals surface area contributed by atoms with Crippen molar-refractivity contribution < 1.29 is 4.74 Å². The van der Waals surface area contributed by atoms with Crippen molar-refractivity contribution in [3.8, 4) is 5.75 Å². The third-order valence-electron chi connectivity index (χ3n) is 4.85. The third-order valence-corrected chi connectivity index (χ3v) is 4.85. The van der Waals surface area contributed by atoms with Gasteiger partial charge in [0.1, 0.15) is 5.75 Å². The van der Waals surface area contributed by atoms with Crippen LogP contribution in [0.15, 0.2) is 35.3 Å². The summed E-state index contributed by atoms with van der Waals surface area (Å²) in [6.45, 7) is 8.53. The second-order valence-electron chi connectivity index (χ2n) is 6.61. The maximum absolute atomic E-state index is 5.70. The molecule has 5 nitrogen and oxygen atoms in total. The highest BCUT2D eigenvalue weighted by Crippen LogP contribution is 2.19. The van der Waals surface area contributed by atoms with Crippen LogP contribution in [0.25, 0.3) is 0 Å². The lowest BCUT2D eigenvalue weighted by molar-refractivity contribution is 0.187. The number of halogens is 1. The van der Waals surface area contributed by atoms with Gasteiger partial charge in [-0.05, 0) is 63.4 Å². The standard InChI is InChI=1S/C20H34N4O.HI/c1-3-24-15-11-18(12-16-24)10-14-23-20(21-2)22-13-7-17-25-19-8-5-4-6-9-19;/h4-6,8-9,18H,3,7,10-17H2,1-2H3,(H2,21,22,23);1H. The average molecular weight is 474 g/mol. The first-order valence-corrected chi connectivity index (χ1v) is 9.66. The molecule has 1 fully saturated rings. The van der Waals surface area contributed by atoms with E-state index in [0.717, 1.165) is 37.1 Å². The zero-order valence-corrected chi connectivity index (χ0v) is 18.6. The second-order valence-corrected chi connectivity index (χ2v) is 6.61. The van der Waals surface area contributed by atoms with E-state index in [4.69, 9.17) is 4.74 Å². The molecule has 0 unspecified atom stereocenters. The summed E-state index contributed by atoms with van der Waals surface area (Å²) in [6, 6.07) is 9.95.